The number of nitrogens with zero attached hydrogens (tertiary/aromatic N) is 1. The summed E-state index contributed by atoms with van der Waals surface area (Å²) in [6, 6.07) is 2.83. The minimum absolute atomic E-state index is 0.241. The van der Waals surface area contributed by atoms with Gasteiger partial charge < -0.3 is 30.9 Å². The third kappa shape index (κ3) is 7.67. The molecule has 0 saturated carbocycles. The molecule has 5 N–H and O–H groups in total. The summed E-state index contributed by atoms with van der Waals surface area (Å²) in [6.45, 7) is 6.04. The fourth-order valence-electron chi connectivity index (χ4n) is 6.14. The van der Waals surface area contributed by atoms with Crippen molar-refractivity contribution in [1.82, 2.24) is 25.8 Å². The van der Waals surface area contributed by atoms with E-state index in [1.54, 1.807) is 12.1 Å². The second-order valence-electron chi connectivity index (χ2n) is 12.2. The van der Waals surface area contributed by atoms with Gasteiger partial charge in [0.1, 0.15) is 18.1 Å². The van der Waals surface area contributed by atoms with E-state index in [-0.39, 0.29) is 29.9 Å². The van der Waals surface area contributed by atoms with E-state index >= 15 is 0 Å². The number of aliphatic hydroxyl groups is 1. The van der Waals surface area contributed by atoms with Crippen LogP contribution in [0.2, 0.25) is 0 Å². The van der Waals surface area contributed by atoms with Crippen molar-refractivity contribution in [3.8, 4) is 0 Å². The standard InChI is InChI=1S/C33H47N5O6/c1-4-20(3)27-33(44)38-18-12-11-17-26(38)31(42)35-25(16-8-6-7-13-21(39)5-2)30(41)37-28(32(43)36-27)29(40)23-19-34-24-15-10-9-14-22(23)24/h9-10,14-15,19-21,25-28,34,39H,4-8,11-13,16-18H2,1-3H3,(H,35,42)(H,36,43)(H,37,41)/t20?,21?,25-,26+,27-,28-/m0/s1. The molecule has 1 aromatic carbocycles. The number of nitrogens with one attached hydrogen (secondary N) is 4. The molecule has 4 rings (SSSR count). The molecule has 240 valence electrons. The van der Waals surface area contributed by atoms with Gasteiger partial charge in [-0.25, -0.2) is 0 Å². The summed E-state index contributed by atoms with van der Waals surface area (Å²) in [5, 5.41) is 18.8. The molecule has 44 heavy (non-hydrogen) atoms. The maximum atomic E-state index is 14.0. The lowest BCUT2D eigenvalue weighted by atomic mass is 9.93. The topological polar surface area (TPSA) is 161 Å². The summed E-state index contributed by atoms with van der Waals surface area (Å²) >= 11 is 0. The largest absolute Gasteiger partial charge is 0.393 e. The average Bonchev–Trinajstić information content (AvgIpc) is 3.47. The van der Waals surface area contributed by atoms with E-state index in [9.17, 15) is 29.1 Å². The number of para-hydroxylation sites is 1. The van der Waals surface area contributed by atoms with Crippen LogP contribution in [0.15, 0.2) is 30.5 Å². The van der Waals surface area contributed by atoms with E-state index < -0.39 is 47.7 Å². The summed E-state index contributed by atoms with van der Waals surface area (Å²) in [4.78, 5) is 73.9. The minimum atomic E-state index is -1.61. The third-order valence-electron chi connectivity index (χ3n) is 9.17. The summed E-state index contributed by atoms with van der Waals surface area (Å²) in [5.41, 5.74) is 0.948. The predicted octanol–water partition coefficient (Wildman–Crippen LogP) is 2.97. The zero-order chi connectivity index (χ0) is 31.8. The summed E-state index contributed by atoms with van der Waals surface area (Å²) in [5.74, 6) is -3.05. The molecule has 2 aliphatic rings. The highest BCUT2D eigenvalue weighted by Gasteiger charge is 2.42. The van der Waals surface area contributed by atoms with Crippen LogP contribution in [0.1, 0.15) is 95.3 Å². The van der Waals surface area contributed by atoms with Gasteiger partial charge in [0.15, 0.2) is 11.8 Å². The van der Waals surface area contributed by atoms with Gasteiger partial charge in [-0.1, -0.05) is 64.7 Å². The number of carbonyl (C=O) groups is 5. The molecule has 0 spiro atoms. The molecule has 11 nitrogen and oxygen atoms in total. The van der Waals surface area contributed by atoms with Gasteiger partial charge >= 0.3 is 0 Å². The van der Waals surface area contributed by atoms with Crippen LogP contribution in [0.5, 0.6) is 0 Å². The Morgan fingerprint density at radius 3 is 2.48 bits per heavy atom. The lowest BCUT2D eigenvalue weighted by Gasteiger charge is -2.39. The molecular formula is C33H47N5O6. The van der Waals surface area contributed by atoms with Crippen molar-refractivity contribution in [3.63, 3.8) is 0 Å². The predicted molar refractivity (Wildman–Crippen MR) is 167 cm³/mol. The van der Waals surface area contributed by atoms with Gasteiger partial charge in [-0.15, -0.1) is 0 Å². The van der Waals surface area contributed by atoms with Crippen LogP contribution in [0.25, 0.3) is 10.9 Å². The quantitative estimate of drug-likeness (QED) is 0.150. The number of ketones is 1. The zero-order valence-electron chi connectivity index (χ0n) is 26.1. The molecule has 6 atom stereocenters. The monoisotopic (exact) mass is 609 g/mol. The Kier molecular flexibility index (Phi) is 11.5. The minimum Gasteiger partial charge on any atom is -0.393 e. The number of amides is 4. The molecule has 1 aromatic heterocycles. The van der Waals surface area contributed by atoms with Crippen LogP contribution in [0.3, 0.4) is 0 Å². The van der Waals surface area contributed by atoms with Crippen LogP contribution in [0.4, 0.5) is 0 Å². The molecule has 2 unspecified atom stereocenters. The Morgan fingerprint density at radius 1 is 0.955 bits per heavy atom. The summed E-state index contributed by atoms with van der Waals surface area (Å²) < 4.78 is 0. The number of H-pyrrole nitrogens is 1. The van der Waals surface area contributed by atoms with E-state index in [0.29, 0.717) is 49.6 Å². The first-order valence-corrected chi connectivity index (χ1v) is 16.2. The van der Waals surface area contributed by atoms with Crippen LogP contribution < -0.4 is 16.0 Å². The number of fused-ring (bicyclic) bond motifs is 2. The van der Waals surface area contributed by atoms with Crippen molar-refractivity contribution < 1.29 is 29.1 Å². The van der Waals surface area contributed by atoms with Crippen LogP contribution in [0, 0.1) is 5.92 Å². The fraction of sp³-hybridized carbons (Fsp3) is 0.606. The Labute approximate surface area is 258 Å². The van der Waals surface area contributed by atoms with Crippen LogP contribution in [-0.4, -0.2) is 81.2 Å². The lowest BCUT2D eigenvalue weighted by molar-refractivity contribution is -0.147. The normalized spacial score (nSPS) is 24.8. The highest BCUT2D eigenvalue weighted by Crippen LogP contribution is 2.24. The van der Waals surface area contributed by atoms with E-state index in [1.165, 1.54) is 11.1 Å². The number of aromatic nitrogens is 1. The molecule has 0 radical (unpaired) electrons. The van der Waals surface area contributed by atoms with Crippen molar-refractivity contribution in [2.75, 3.05) is 6.54 Å². The number of benzene rings is 1. The van der Waals surface area contributed by atoms with Crippen molar-refractivity contribution in [2.45, 2.75) is 115 Å². The third-order valence-corrected chi connectivity index (χ3v) is 9.17. The Hall–Kier alpha value is -3.73. The molecule has 3 heterocycles. The number of piperidine rings is 1. The fourth-order valence-corrected chi connectivity index (χ4v) is 6.14. The number of carbonyl (C=O) groups excluding carboxylic acids is 5. The van der Waals surface area contributed by atoms with Gasteiger partial charge in [0, 0.05) is 29.2 Å². The molecule has 2 aromatic rings. The van der Waals surface area contributed by atoms with E-state index in [1.807, 2.05) is 32.9 Å². The number of Topliss-reactive ketones (excluding diaryl/α,β-unsaturated/α-hetero) is 1. The second kappa shape index (κ2) is 15.3. The zero-order valence-corrected chi connectivity index (χ0v) is 26.1. The Bertz CT molecular complexity index is 1340. The summed E-state index contributed by atoms with van der Waals surface area (Å²) in [7, 11) is 0. The molecule has 2 saturated heterocycles. The van der Waals surface area contributed by atoms with Gasteiger partial charge in [-0.3, -0.25) is 24.0 Å². The van der Waals surface area contributed by atoms with Gasteiger partial charge in [-0.05, 0) is 50.5 Å². The lowest BCUT2D eigenvalue weighted by Crippen LogP contribution is -2.65. The smallest absolute Gasteiger partial charge is 0.251 e. The number of aromatic amines is 1. The first-order valence-electron chi connectivity index (χ1n) is 16.2. The molecular weight excluding hydrogens is 562 g/mol. The Morgan fingerprint density at radius 2 is 1.73 bits per heavy atom. The number of hydrogen-bond acceptors (Lipinski definition) is 6. The van der Waals surface area contributed by atoms with Crippen LogP contribution >= 0.6 is 0 Å². The van der Waals surface area contributed by atoms with Gasteiger partial charge in [0.05, 0.1) is 6.10 Å². The maximum absolute atomic E-state index is 14.0. The molecule has 0 bridgehead atoms. The average molecular weight is 610 g/mol. The molecule has 0 aliphatic carbocycles. The van der Waals surface area contributed by atoms with Gasteiger partial charge in [0.25, 0.3) is 5.91 Å². The molecule has 11 heteroatoms. The maximum Gasteiger partial charge on any atom is 0.251 e. The van der Waals surface area contributed by atoms with Crippen LogP contribution in [-0.2, 0) is 19.2 Å². The second-order valence-corrected chi connectivity index (χ2v) is 12.2. The number of hydrogen-bond donors (Lipinski definition) is 5. The first-order chi connectivity index (χ1) is 21.2. The number of aliphatic hydroxyl groups excluding tert-OH is 1. The molecule has 2 fully saturated rings. The molecule has 4 amide bonds. The van der Waals surface area contributed by atoms with Gasteiger partial charge in [-0.2, -0.15) is 0 Å². The van der Waals surface area contributed by atoms with E-state index in [0.717, 1.165) is 25.7 Å². The highest BCUT2D eigenvalue weighted by molar-refractivity contribution is 6.20. The number of rotatable bonds is 11. The first kappa shape index (κ1) is 33.2. The van der Waals surface area contributed by atoms with Crippen molar-refractivity contribution in [3.05, 3.63) is 36.0 Å². The van der Waals surface area contributed by atoms with E-state index in [2.05, 4.69) is 20.9 Å². The number of unbranched alkanes of at least 4 members (excludes halogenated alkanes) is 2. The van der Waals surface area contributed by atoms with Crippen molar-refractivity contribution in [1.29, 1.82) is 0 Å². The molecule has 2 aliphatic heterocycles. The van der Waals surface area contributed by atoms with Crippen molar-refractivity contribution in [2.24, 2.45) is 5.92 Å². The van der Waals surface area contributed by atoms with Crippen molar-refractivity contribution >= 4 is 40.3 Å². The Balaban J connectivity index is 1.67. The van der Waals surface area contributed by atoms with Gasteiger partial charge in [0.2, 0.25) is 17.7 Å². The van der Waals surface area contributed by atoms with E-state index in [4.69, 9.17) is 0 Å². The highest BCUT2D eigenvalue weighted by atomic mass is 16.3. The summed E-state index contributed by atoms with van der Waals surface area (Å²) in [6.07, 6.45) is 7.37. The SMILES string of the molecule is CCC(O)CCCCC[C@@H]1NC(=O)[C@H]2CCCCN2C(=O)[C@H](C(C)CC)NC(=O)[C@H](C(=O)c2c[nH]c3ccccc23)NC1=O.